The van der Waals surface area contributed by atoms with Gasteiger partial charge in [-0.3, -0.25) is 10.2 Å². The normalized spacial score (nSPS) is 21.4. The van der Waals surface area contributed by atoms with Gasteiger partial charge in [-0.2, -0.15) is 5.10 Å². The number of hydrogen-bond donors (Lipinski definition) is 4. The quantitative estimate of drug-likeness (QED) is 0.401. The van der Waals surface area contributed by atoms with Crippen molar-refractivity contribution in [1.82, 2.24) is 35.9 Å². The number of rotatable bonds is 7. The van der Waals surface area contributed by atoms with Crippen molar-refractivity contribution in [1.29, 1.82) is 0 Å². The summed E-state index contributed by atoms with van der Waals surface area (Å²) in [5.41, 5.74) is 8.22. The molecule has 0 aromatic carbocycles. The van der Waals surface area contributed by atoms with E-state index in [0.717, 1.165) is 55.4 Å². The van der Waals surface area contributed by atoms with Crippen LogP contribution in [-0.4, -0.2) is 51.0 Å². The van der Waals surface area contributed by atoms with Crippen LogP contribution in [-0.2, 0) is 11.3 Å². The third kappa shape index (κ3) is 5.50. The first-order chi connectivity index (χ1) is 17.4. The van der Waals surface area contributed by atoms with Crippen LogP contribution in [0.5, 0.6) is 0 Å². The molecule has 1 amide bonds. The van der Waals surface area contributed by atoms with Crippen LogP contribution < -0.4 is 26.4 Å². The average molecular weight is 490 g/mol. The molecule has 2 unspecified atom stereocenters. The van der Waals surface area contributed by atoms with E-state index >= 15 is 0 Å². The summed E-state index contributed by atoms with van der Waals surface area (Å²) < 4.78 is 1.71. The molecule has 0 radical (unpaired) electrons. The summed E-state index contributed by atoms with van der Waals surface area (Å²) in [6.07, 6.45) is 8.07. The highest BCUT2D eigenvalue weighted by molar-refractivity contribution is 5.82. The minimum absolute atomic E-state index is 0.0896. The molecule has 4 N–H and O–H groups in total. The van der Waals surface area contributed by atoms with Gasteiger partial charge < -0.3 is 15.5 Å². The van der Waals surface area contributed by atoms with E-state index in [2.05, 4.69) is 69.4 Å². The monoisotopic (exact) mass is 489 g/mol. The van der Waals surface area contributed by atoms with Gasteiger partial charge in [0.2, 0.25) is 5.91 Å². The van der Waals surface area contributed by atoms with E-state index < -0.39 is 5.41 Å². The summed E-state index contributed by atoms with van der Waals surface area (Å²) >= 11 is 0. The number of carbonyl (C=O) groups excluding carboxylic acids is 1. The molecule has 10 nitrogen and oxygen atoms in total. The molecule has 3 aromatic rings. The van der Waals surface area contributed by atoms with Gasteiger partial charge in [-0.05, 0) is 68.5 Å². The van der Waals surface area contributed by atoms with Crippen molar-refractivity contribution in [3.63, 3.8) is 0 Å². The predicted molar refractivity (Wildman–Crippen MR) is 139 cm³/mol. The number of amides is 1. The van der Waals surface area contributed by atoms with Gasteiger partial charge in [0.25, 0.3) is 0 Å². The topological polar surface area (TPSA) is 112 Å². The van der Waals surface area contributed by atoms with Crippen LogP contribution in [0.25, 0.3) is 5.82 Å². The van der Waals surface area contributed by atoms with Crippen LogP contribution >= 0.6 is 0 Å². The second kappa shape index (κ2) is 10.2. The molecule has 0 spiro atoms. The summed E-state index contributed by atoms with van der Waals surface area (Å²) in [4.78, 5) is 24.7. The lowest BCUT2D eigenvalue weighted by atomic mass is 9.79. The van der Waals surface area contributed by atoms with Gasteiger partial charge in [-0.15, -0.1) is 0 Å². The predicted octanol–water partition coefficient (Wildman–Crippen LogP) is 2.52. The largest absolute Gasteiger partial charge is 0.356 e. The van der Waals surface area contributed by atoms with Gasteiger partial charge in [-0.1, -0.05) is 13.0 Å². The Balaban J connectivity index is 1.15. The van der Waals surface area contributed by atoms with Crippen LogP contribution in [0.1, 0.15) is 44.2 Å². The Morgan fingerprint density at radius 3 is 2.69 bits per heavy atom. The molecular weight excluding hydrogens is 454 g/mol. The highest BCUT2D eigenvalue weighted by Gasteiger charge is 2.37. The number of nitrogens with one attached hydrogen (secondary N) is 4. The molecule has 0 bridgehead atoms. The molecule has 2 aliphatic heterocycles. The summed E-state index contributed by atoms with van der Waals surface area (Å²) in [5.74, 6) is 2.68. The zero-order valence-electron chi connectivity index (χ0n) is 21.2. The number of nitrogens with zero attached hydrogens (tertiary/aromatic N) is 5. The molecule has 0 aliphatic carbocycles. The van der Waals surface area contributed by atoms with Crippen LogP contribution in [0, 0.1) is 12.3 Å². The summed E-state index contributed by atoms with van der Waals surface area (Å²) in [6.45, 7) is 8.36. The van der Waals surface area contributed by atoms with Crippen LogP contribution in [0.3, 0.4) is 0 Å². The summed E-state index contributed by atoms with van der Waals surface area (Å²) in [6, 6.07) is 10.4. The maximum atomic E-state index is 13.1. The van der Waals surface area contributed by atoms with Crippen molar-refractivity contribution in [3.8, 4) is 5.82 Å². The standard InChI is InChI=1S/C26H35N9O/c1-18-13-21(30-22-15-19(2)32-33-22)31-24(14-18)34-11-7-26(3,8-12-34)25(36)28-17-20-5-6-23(27-16-20)35-10-4-9-29-35/h4-6,9-10,13-14,16,19,22,32-33H,7-8,11-12,15,17H2,1-3H3,(H,28,36)(H,30,31). The van der Waals surface area contributed by atoms with E-state index in [1.165, 1.54) is 5.56 Å². The van der Waals surface area contributed by atoms with E-state index in [9.17, 15) is 4.79 Å². The third-order valence-electron chi connectivity index (χ3n) is 7.11. The Morgan fingerprint density at radius 1 is 1.19 bits per heavy atom. The van der Waals surface area contributed by atoms with Gasteiger partial charge in [0.05, 0.1) is 6.17 Å². The summed E-state index contributed by atoms with van der Waals surface area (Å²) in [5, 5.41) is 10.8. The zero-order valence-corrected chi connectivity index (χ0v) is 21.2. The number of piperidine rings is 1. The van der Waals surface area contributed by atoms with E-state index in [-0.39, 0.29) is 12.1 Å². The average Bonchev–Trinajstić information content (AvgIpc) is 3.55. The fourth-order valence-electron chi connectivity index (χ4n) is 4.79. The number of anilines is 2. The molecule has 10 heteroatoms. The van der Waals surface area contributed by atoms with Crippen molar-refractivity contribution >= 4 is 17.5 Å². The second-order valence-corrected chi connectivity index (χ2v) is 10.2. The van der Waals surface area contributed by atoms with E-state index in [0.29, 0.717) is 12.6 Å². The molecule has 0 saturated carbocycles. The van der Waals surface area contributed by atoms with Gasteiger partial charge in [-0.25, -0.2) is 20.1 Å². The van der Waals surface area contributed by atoms with E-state index in [1.54, 1.807) is 17.1 Å². The first-order valence-electron chi connectivity index (χ1n) is 12.6. The van der Waals surface area contributed by atoms with Crippen molar-refractivity contribution in [2.24, 2.45) is 5.41 Å². The number of hydrogen-bond acceptors (Lipinski definition) is 8. The smallest absolute Gasteiger partial charge is 0.226 e. The molecule has 5 rings (SSSR count). The Bertz CT molecular complexity index is 1170. The zero-order chi connectivity index (χ0) is 25.1. The SMILES string of the molecule is Cc1cc(NC2CC(C)NN2)nc(N2CCC(C)(C(=O)NCc3ccc(-n4cccn4)nc3)CC2)c1. The number of carbonyl (C=O) groups is 1. The number of hydrazine groups is 1. The van der Waals surface area contributed by atoms with Crippen molar-refractivity contribution < 1.29 is 4.79 Å². The Hall–Kier alpha value is -3.50. The van der Waals surface area contributed by atoms with Gasteiger partial charge in [0, 0.05) is 49.7 Å². The molecule has 5 heterocycles. The number of aromatic nitrogens is 4. The van der Waals surface area contributed by atoms with Gasteiger partial charge in [0.1, 0.15) is 11.6 Å². The lowest BCUT2D eigenvalue weighted by Gasteiger charge is -2.39. The minimum atomic E-state index is -0.403. The van der Waals surface area contributed by atoms with Crippen LogP contribution in [0.2, 0.25) is 0 Å². The first-order valence-corrected chi connectivity index (χ1v) is 12.6. The van der Waals surface area contributed by atoms with Crippen molar-refractivity contribution in [2.45, 2.75) is 58.8 Å². The highest BCUT2D eigenvalue weighted by Crippen LogP contribution is 2.33. The van der Waals surface area contributed by atoms with Crippen LogP contribution in [0.4, 0.5) is 11.6 Å². The van der Waals surface area contributed by atoms with Gasteiger partial charge in [0.15, 0.2) is 5.82 Å². The molecule has 2 saturated heterocycles. The Labute approximate surface area is 211 Å². The van der Waals surface area contributed by atoms with E-state index in [1.807, 2.05) is 24.4 Å². The Kier molecular flexibility index (Phi) is 6.88. The Morgan fingerprint density at radius 2 is 2.03 bits per heavy atom. The van der Waals surface area contributed by atoms with Gasteiger partial charge >= 0.3 is 0 Å². The molecule has 2 fully saturated rings. The van der Waals surface area contributed by atoms with Crippen molar-refractivity contribution in [3.05, 3.63) is 60.0 Å². The van der Waals surface area contributed by atoms with Crippen LogP contribution in [0.15, 0.2) is 48.9 Å². The highest BCUT2D eigenvalue weighted by atomic mass is 16.2. The first kappa shape index (κ1) is 24.2. The molecular formula is C26H35N9O. The molecule has 36 heavy (non-hydrogen) atoms. The fourth-order valence-corrected chi connectivity index (χ4v) is 4.79. The third-order valence-corrected chi connectivity index (χ3v) is 7.11. The lowest BCUT2D eigenvalue weighted by Crippen LogP contribution is -2.47. The maximum absolute atomic E-state index is 13.1. The second-order valence-electron chi connectivity index (χ2n) is 10.2. The van der Waals surface area contributed by atoms with E-state index in [4.69, 9.17) is 4.98 Å². The number of pyridine rings is 2. The minimum Gasteiger partial charge on any atom is -0.356 e. The molecule has 3 aromatic heterocycles. The fraction of sp³-hybridized carbons (Fsp3) is 0.462. The molecule has 190 valence electrons. The molecule has 2 aliphatic rings. The molecule has 2 atom stereocenters. The maximum Gasteiger partial charge on any atom is 0.226 e. The summed E-state index contributed by atoms with van der Waals surface area (Å²) in [7, 11) is 0. The van der Waals surface area contributed by atoms with Crippen molar-refractivity contribution in [2.75, 3.05) is 23.3 Å². The number of aryl methyl sites for hydroxylation is 1. The lowest BCUT2D eigenvalue weighted by molar-refractivity contribution is -0.131.